The number of para-hydroxylation sites is 1. The summed E-state index contributed by atoms with van der Waals surface area (Å²) >= 11 is 0. The van der Waals surface area contributed by atoms with Crippen molar-refractivity contribution < 1.29 is 14.3 Å². The summed E-state index contributed by atoms with van der Waals surface area (Å²) in [5.74, 6) is -0.448. The lowest BCUT2D eigenvalue weighted by Crippen LogP contribution is -2.32. The number of aromatic amines is 1. The van der Waals surface area contributed by atoms with Gasteiger partial charge in [-0.05, 0) is 62.1 Å². The third-order valence-corrected chi connectivity index (χ3v) is 5.48. The molecule has 1 aliphatic rings. The van der Waals surface area contributed by atoms with Crippen molar-refractivity contribution in [2.75, 3.05) is 18.5 Å². The molecule has 0 fully saturated rings. The Balaban J connectivity index is 1.69. The Bertz CT molecular complexity index is 1160. The molecule has 0 radical (unpaired) electrons. The number of carbonyl (C=O) groups is 2. The van der Waals surface area contributed by atoms with E-state index in [1.165, 1.54) is 0 Å². The van der Waals surface area contributed by atoms with Gasteiger partial charge in [-0.2, -0.15) is 0 Å². The number of urea groups is 1. The van der Waals surface area contributed by atoms with Crippen LogP contribution in [0.5, 0.6) is 0 Å². The van der Waals surface area contributed by atoms with E-state index in [9.17, 15) is 9.59 Å². The molecule has 0 aliphatic carbocycles. The molecule has 0 atom stereocenters. The number of fused-ring (bicyclic) bond motifs is 3. The summed E-state index contributed by atoms with van der Waals surface area (Å²) in [6.45, 7) is 6.52. The number of nitrogens with one attached hydrogen (secondary N) is 2. The molecule has 6 nitrogen and oxygen atoms in total. The summed E-state index contributed by atoms with van der Waals surface area (Å²) in [4.78, 5) is 30.6. The van der Waals surface area contributed by atoms with E-state index in [0.29, 0.717) is 18.5 Å². The van der Waals surface area contributed by atoms with Crippen LogP contribution in [0, 0.1) is 13.8 Å². The van der Waals surface area contributed by atoms with Crippen LogP contribution in [-0.2, 0) is 16.0 Å². The first-order valence-electron chi connectivity index (χ1n) is 10.1. The van der Waals surface area contributed by atoms with Crippen LogP contribution in [0.1, 0.15) is 29.3 Å². The van der Waals surface area contributed by atoms with Crippen LogP contribution in [-0.4, -0.2) is 35.0 Å². The maximum Gasteiger partial charge on any atom is 0.341 e. The molecule has 0 unspecified atom stereocenters. The van der Waals surface area contributed by atoms with Crippen molar-refractivity contribution in [2.45, 2.75) is 27.2 Å². The molecule has 2 N–H and O–H groups in total. The number of hydrogen-bond acceptors (Lipinski definition) is 3. The Kier molecular flexibility index (Phi) is 5.31. The van der Waals surface area contributed by atoms with Gasteiger partial charge in [-0.1, -0.05) is 24.3 Å². The largest absolute Gasteiger partial charge is 0.462 e. The van der Waals surface area contributed by atoms with E-state index in [-0.39, 0.29) is 12.6 Å². The average Bonchev–Trinajstić information content (AvgIpc) is 2.98. The van der Waals surface area contributed by atoms with Crippen molar-refractivity contribution in [3.63, 3.8) is 0 Å². The van der Waals surface area contributed by atoms with Gasteiger partial charge < -0.3 is 15.0 Å². The Morgan fingerprint density at radius 3 is 2.70 bits per heavy atom. The number of amides is 2. The van der Waals surface area contributed by atoms with Crippen molar-refractivity contribution in [2.24, 2.45) is 0 Å². The molecule has 0 saturated carbocycles. The van der Waals surface area contributed by atoms with Gasteiger partial charge in [-0.25, -0.2) is 9.59 Å². The number of benzene rings is 2. The van der Waals surface area contributed by atoms with Crippen molar-refractivity contribution in [3.05, 3.63) is 71.0 Å². The van der Waals surface area contributed by atoms with Gasteiger partial charge in [-0.15, -0.1) is 0 Å². The first-order chi connectivity index (χ1) is 14.5. The molecular weight excluding hydrogens is 378 g/mol. The van der Waals surface area contributed by atoms with E-state index in [0.717, 1.165) is 39.0 Å². The fourth-order valence-electron chi connectivity index (χ4n) is 3.75. The van der Waals surface area contributed by atoms with Gasteiger partial charge in [-0.3, -0.25) is 4.90 Å². The highest BCUT2D eigenvalue weighted by atomic mass is 16.5. The second kappa shape index (κ2) is 8.06. The topological polar surface area (TPSA) is 74.4 Å². The SMILES string of the molecule is CCOC(=O)C1=CN(C(=O)Nc2ccc(C)c(C)c2)CCc2c1[nH]c1ccccc21. The Morgan fingerprint density at radius 2 is 1.93 bits per heavy atom. The zero-order valence-electron chi connectivity index (χ0n) is 17.4. The maximum atomic E-state index is 13.0. The molecule has 2 aromatic carbocycles. The van der Waals surface area contributed by atoms with Crippen LogP contribution in [0.15, 0.2) is 48.7 Å². The number of H-pyrrole nitrogens is 1. The van der Waals surface area contributed by atoms with Gasteiger partial charge in [0.15, 0.2) is 0 Å². The lowest BCUT2D eigenvalue weighted by molar-refractivity contribution is -0.136. The van der Waals surface area contributed by atoms with E-state index in [2.05, 4.69) is 10.3 Å². The maximum absolute atomic E-state index is 13.0. The number of aryl methyl sites for hydroxylation is 2. The van der Waals surface area contributed by atoms with E-state index in [4.69, 9.17) is 4.74 Å². The van der Waals surface area contributed by atoms with E-state index >= 15 is 0 Å². The van der Waals surface area contributed by atoms with Gasteiger partial charge >= 0.3 is 12.0 Å². The quantitative estimate of drug-likeness (QED) is 0.618. The average molecular weight is 403 g/mol. The second-order valence-electron chi connectivity index (χ2n) is 7.46. The number of ether oxygens (including phenoxy) is 1. The molecule has 6 heteroatoms. The first kappa shape index (κ1) is 19.8. The highest BCUT2D eigenvalue weighted by Gasteiger charge is 2.27. The summed E-state index contributed by atoms with van der Waals surface area (Å²) in [7, 11) is 0. The van der Waals surface area contributed by atoms with Gasteiger partial charge in [0.05, 0.1) is 17.9 Å². The second-order valence-corrected chi connectivity index (χ2v) is 7.46. The van der Waals surface area contributed by atoms with Crippen LogP contribution in [0.2, 0.25) is 0 Å². The molecule has 154 valence electrons. The molecule has 0 bridgehead atoms. The number of esters is 1. The number of rotatable bonds is 3. The Hall–Kier alpha value is -3.54. The number of hydrogen-bond donors (Lipinski definition) is 2. The van der Waals surface area contributed by atoms with Crippen molar-refractivity contribution >= 4 is 34.2 Å². The van der Waals surface area contributed by atoms with Crippen LogP contribution in [0.25, 0.3) is 16.5 Å². The van der Waals surface area contributed by atoms with E-state index in [1.807, 2.05) is 56.3 Å². The molecule has 3 aromatic rings. The number of aromatic nitrogens is 1. The van der Waals surface area contributed by atoms with Crippen LogP contribution in [0.3, 0.4) is 0 Å². The summed E-state index contributed by atoms with van der Waals surface area (Å²) in [6, 6.07) is 13.4. The van der Waals surface area contributed by atoms with Crippen LogP contribution < -0.4 is 5.32 Å². The van der Waals surface area contributed by atoms with Crippen LogP contribution >= 0.6 is 0 Å². The van der Waals surface area contributed by atoms with Gasteiger partial charge in [0, 0.05) is 29.3 Å². The molecular formula is C24H25N3O3. The molecule has 1 aromatic heterocycles. The fraction of sp³-hybridized carbons (Fsp3) is 0.250. The third kappa shape index (κ3) is 3.68. The minimum atomic E-state index is -0.448. The van der Waals surface area contributed by atoms with Crippen molar-refractivity contribution in [3.8, 4) is 0 Å². The molecule has 1 aliphatic heterocycles. The minimum absolute atomic E-state index is 0.264. The molecule has 0 saturated heterocycles. The Labute approximate surface area is 175 Å². The smallest absolute Gasteiger partial charge is 0.341 e. The Morgan fingerprint density at radius 1 is 1.13 bits per heavy atom. The number of carbonyl (C=O) groups excluding carboxylic acids is 2. The molecule has 0 spiro atoms. The van der Waals surface area contributed by atoms with Gasteiger partial charge in [0.1, 0.15) is 0 Å². The summed E-state index contributed by atoms with van der Waals surface area (Å²) in [6.07, 6.45) is 2.22. The lowest BCUT2D eigenvalue weighted by Gasteiger charge is -2.19. The normalized spacial score (nSPS) is 13.4. The predicted molar refractivity (Wildman–Crippen MR) is 118 cm³/mol. The van der Waals surface area contributed by atoms with Crippen molar-refractivity contribution in [1.29, 1.82) is 0 Å². The lowest BCUT2D eigenvalue weighted by atomic mass is 10.0. The van der Waals surface area contributed by atoms with Gasteiger partial charge in [0.25, 0.3) is 0 Å². The molecule has 4 rings (SSSR count). The molecule has 30 heavy (non-hydrogen) atoms. The summed E-state index contributed by atoms with van der Waals surface area (Å²) < 4.78 is 5.28. The standard InChI is InChI=1S/C24H25N3O3/c1-4-30-23(28)20-14-27(24(29)25-17-10-9-15(2)16(3)13-17)12-11-19-18-7-5-6-8-21(18)26-22(19)20/h5-10,13-14,26H,4,11-12H2,1-3H3,(H,25,29). The monoisotopic (exact) mass is 403 g/mol. The fourth-order valence-corrected chi connectivity index (χ4v) is 3.75. The van der Waals surface area contributed by atoms with Gasteiger partial charge in [0.2, 0.25) is 0 Å². The minimum Gasteiger partial charge on any atom is -0.462 e. The first-order valence-corrected chi connectivity index (χ1v) is 10.1. The van der Waals surface area contributed by atoms with E-state index < -0.39 is 5.97 Å². The highest BCUT2D eigenvalue weighted by Crippen LogP contribution is 2.31. The summed E-state index contributed by atoms with van der Waals surface area (Å²) in [5, 5.41) is 3.99. The molecule has 2 amide bonds. The highest BCUT2D eigenvalue weighted by molar-refractivity contribution is 6.18. The number of nitrogens with zero attached hydrogens (tertiary/aromatic N) is 1. The zero-order chi connectivity index (χ0) is 21.3. The third-order valence-electron chi connectivity index (χ3n) is 5.48. The van der Waals surface area contributed by atoms with E-state index in [1.54, 1.807) is 18.0 Å². The zero-order valence-corrected chi connectivity index (χ0v) is 17.4. The molecule has 2 heterocycles. The van der Waals surface area contributed by atoms with Crippen LogP contribution in [0.4, 0.5) is 10.5 Å². The summed E-state index contributed by atoms with van der Waals surface area (Å²) in [5.41, 5.74) is 6.05. The number of anilines is 1. The predicted octanol–water partition coefficient (Wildman–Crippen LogP) is 4.78. The van der Waals surface area contributed by atoms with Crippen molar-refractivity contribution in [1.82, 2.24) is 9.88 Å².